The minimum absolute atomic E-state index is 0.00920. The first kappa shape index (κ1) is 23.1. The number of aromatic nitrogens is 3. The van der Waals surface area contributed by atoms with Gasteiger partial charge in [-0.3, -0.25) is 18.7 Å². The maximum Gasteiger partial charge on any atom is 0.332 e. The molecule has 174 valence electrons. The maximum atomic E-state index is 13.3. The number of halogens is 1. The van der Waals surface area contributed by atoms with Crippen LogP contribution in [0.2, 0.25) is 5.02 Å². The zero-order chi connectivity index (χ0) is 24.2. The Balaban J connectivity index is 1.72. The first-order valence-corrected chi connectivity index (χ1v) is 10.6. The zero-order valence-electron chi connectivity index (χ0n) is 18.4. The molecule has 0 atom stereocenters. The average Bonchev–Trinajstić information content (AvgIpc) is 2.85. The summed E-state index contributed by atoms with van der Waals surface area (Å²) in [6.07, 6.45) is 1.47. The third-order valence-electron chi connectivity index (χ3n) is 5.23. The van der Waals surface area contributed by atoms with E-state index in [9.17, 15) is 14.4 Å². The third kappa shape index (κ3) is 4.65. The topological polar surface area (TPSA) is 104 Å². The van der Waals surface area contributed by atoms with E-state index in [-0.39, 0.29) is 24.1 Å². The van der Waals surface area contributed by atoms with Gasteiger partial charge in [-0.1, -0.05) is 23.7 Å². The second-order valence-corrected chi connectivity index (χ2v) is 7.81. The molecule has 0 aliphatic rings. The molecule has 0 unspecified atom stereocenters. The molecule has 34 heavy (non-hydrogen) atoms. The number of hydrogen-bond donors (Lipinski definition) is 1. The Morgan fingerprint density at radius 3 is 2.50 bits per heavy atom. The SMILES string of the molecule is COc1ccc(NC(=O)Cn2c(=O)n(Cc3ccc(Cl)cc3)c(=O)c3ncccc32)c(OC)c1. The summed E-state index contributed by atoms with van der Waals surface area (Å²) in [5.74, 6) is 0.490. The van der Waals surface area contributed by atoms with Gasteiger partial charge in [0.1, 0.15) is 18.0 Å². The molecule has 0 fully saturated rings. The highest BCUT2D eigenvalue weighted by Crippen LogP contribution is 2.29. The van der Waals surface area contributed by atoms with E-state index in [0.29, 0.717) is 27.8 Å². The number of methoxy groups -OCH3 is 2. The predicted molar refractivity (Wildman–Crippen MR) is 129 cm³/mol. The van der Waals surface area contributed by atoms with E-state index in [0.717, 1.165) is 4.57 Å². The Hall–Kier alpha value is -4.11. The van der Waals surface area contributed by atoms with Gasteiger partial charge >= 0.3 is 5.69 Å². The van der Waals surface area contributed by atoms with Gasteiger partial charge in [0.05, 0.1) is 32.0 Å². The molecule has 4 aromatic rings. The quantitative estimate of drug-likeness (QED) is 0.436. The summed E-state index contributed by atoms with van der Waals surface area (Å²) in [6.45, 7) is -0.327. The molecule has 4 rings (SSSR count). The first-order chi connectivity index (χ1) is 16.4. The molecule has 2 heterocycles. The number of fused-ring (bicyclic) bond motifs is 1. The summed E-state index contributed by atoms with van der Waals surface area (Å²) >= 11 is 5.94. The number of carbonyl (C=O) groups excluding carboxylic acids is 1. The number of pyridine rings is 1. The lowest BCUT2D eigenvalue weighted by Crippen LogP contribution is -2.42. The molecule has 0 aliphatic carbocycles. The van der Waals surface area contributed by atoms with E-state index in [1.807, 2.05) is 0 Å². The summed E-state index contributed by atoms with van der Waals surface area (Å²) in [5, 5.41) is 3.28. The average molecular weight is 481 g/mol. The summed E-state index contributed by atoms with van der Waals surface area (Å²) in [7, 11) is 3.00. The molecule has 2 aromatic carbocycles. The van der Waals surface area contributed by atoms with Crippen molar-refractivity contribution in [2.75, 3.05) is 19.5 Å². The molecule has 0 radical (unpaired) electrons. The number of rotatable bonds is 7. The van der Waals surface area contributed by atoms with Crippen molar-refractivity contribution in [2.45, 2.75) is 13.1 Å². The molecule has 2 aromatic heterocycles. The lowest BCUT2D eigenvalue weighted by atomic mass is 10.2. The van der Waals surface area contributed by atoms with Gasteiger partial charge in [0, 0.05) is 17.3 Å². The number of carbonyl (C=O) groups is 1. The Morgan fingerprint density at radius 2 is 1.79 bits per heavy atom. The van der Waals surface area contributed by atoms with Crippen LogP contribution in [0.4, 0.5) is 5.69 Å². The van der Waals surface area contributed by atoms with Gasteiger partial charge in [-0.15, -0.1) is 0 Å². The fraction of sp³-hybridized carbons (Fsp3) is 0.167. The lowest BCUT2D eigenvalue weighted by molar-refractivity contribution is -0.116. The van der Waals surface area contributed by atoms with Gasteiger partial charge in [-0.2, -0.15) is 0 Å². The van der Waals surface area contributed by atoms with Crippen molar-refractivity contribution in [2.24, 2.45) is 0 Å². The number of nitrogens with zero attached hydrogens (tertiary/aromatic N) is 3. The van der Waals surface area contributed by atoms with Crippen LogP contribution >= 0.6 is 11.6 Å². The van der Waals surface area contributed by atoms with E-state index in [2.05, 4.69) is 10.3 Å². The summed E-state index contributed by atoms with van der Waals surface area (Å²) < 4.78 is 12.8. The highest BCUT2D eigenvalue weighted by Gasteiger charge is 2.17. The second kappa shape index (κ2) is 9.80. The molecule has 0 saturated carbocycles. The van der Waals surface area contributed by atoms with Crippen LogP contribution < -0.4 is 26.0 Å². The van der Waals surface area contributed by atoms with Crippen molar-refractivity contribution in [3.8, 4) is 11.5 Å². The normalized spacial score (nSPS) is 10.8. The molecule has 1 N–H and O–H groups in total. The summed E-state index contributed by atoms with van der Waals surface area (Å²) in [5.41, 5.74) is 0.310. The second-order valence-electron chi connectivity index (χ2n) is 7.37. The number of hydrogen-bond acceptors (Lipinski definition) is 6. The number of amides is 1. The summed E-state index contributed by atoms with van der Waals surface area (Å²) in [6, 6.07) is 14.9. The van der Waals surface area contributed by atoms with E-state index in [1.54, 1.807) is 54.6 Å². The Labute approximate surface area is 199 Å². The number of ether oxygens (including phenoxy) is 2. The highest BCUT2D eigenvalue weighted by atomic mass is 35.5. The van der Waals surface area contributed by atoms with Crippen molar-refractivity contribution >= 4 is 34.2 Å². The Kier molecular flexibility index (Phi) is 6.65. The van der Waals surface area contributed by atoms with E-state index >= 15 is 0 Å². The summed E-state index contributed by atoms with van der Waals surface area (Å²) in [4.78, 5) is 43.4. The molecule has 10 heteroatoms. The van der Waals surface area contributed by atoms with Crippen LogP contribution in [-0.2, 0) is 17.9 Å². The molecular formula is C24H21ClN4O5. The van der Waals surface area contributed by atoms with Crippen LogP contribution in [0.25, 0.3) is 11.0 Å². The monoisotopic (exact) mass is 480 g/mol. The molecule has 9 nitrogen and oxygen atoms in total. The molecule has 1 amide bonds. The van der Waals surface area contributed by atoms with Gasteiger partial charge in [0.15, 0.2) is 5.52 Å². The van der Waals surface area contributed by atoms with Gasteiger partial charge < -0.3 is 14.8 Å². The van der Waals surface area contributed by atoms with Crippen LogP contribution in [0.1, 0.15) is 5.56 Å². The fourth-order valence-corrected chi connectivity index (χ4v) is 3.67. The molecule has 0 spiro atoms. The largest absolute Gasteiger partial charge is 0.497 e. The zero-order valence-corrected chi connectivity index (χ0v) is 19.2. The first-order valence-electron chi connectivity index (χ1n) is 10.3. The predicted octanol–water partition coefficient (Wildman–Crippen LogP) is 2.92. The number of anilines is 1. The maximum absolute atomic E-state index is 13.3. The van der Waals surface area contributed by atoms with Crippen LogP contribution in [0, 0.1) is 0 Å². The van der Waals surface area contributed by atoms with Gasteiger partial charge in [-0.05, 0) is 42.0 Å². The minimum atomic E-state index is -0.628. The van der Waals surface area contributed by atoms with Gasteiger partial charge in [0.25, 0.3) is 5.56 Å². The Morgan fingerprint density at radius 1 is 1.03 bits per heavy atom. The van der Waals surface area contributed by atoms with Crippen LogP contribution in [0.3, 0.4) is 0 Å². The van der Waals surface area contributed by atoms with E-state index in [1.165, 1.54) is 25.0 Å². The molecular weight excluding hydrogens is 460 g/mol. The standard InChI is InChI=1S/C24H21ClN4O5/c1-33-17-9-10-18(20(12-17)34-2)27-21(30)14-28-19-4-3-11-26-22(19)23(31)29(24(28)32)13-15-5-7-16(25)8-6-15/h3-12H,13-14H2,1-2H3,(H,27,30). The smallest absolute Gasteiger partial charge is 0.332 e. The van der Waals surface area contributed by atoms with Crippen LogP contribution in [-0.4, -0.2) is 34.2 Å². The van der Waals surface area contributed by atoms with Crippen molar-refractivity contribution in [1.29, 1.82) is 0 Å². The van der Waals surface area contributed by atoms with Crippen molar-refractivity contribution in [1.82, 2.24) is 14.1 Å². The highest BCUT2D eigenvalue weighted by molar-refractivity contribution is 6.30. The van der Waals surface area contributed by atoms with Crippen molar-refractivity contribution in [3.05, 3.63) is 92.2 Å². The molecule has 0 saturated heterocycles. The lowest BCUT2D eigenvalue weighted by Gasteiger charge is -2.15. The fourth-order valence-electron chi connectivity index (χ4n) is 3.54. The van der Waals surface area contributed by atoms with E-state index < -0.39 is 17.2 Å². The number of benzene rings is 2. The van der Waals surface area contributed by atoms with Crippen LogP contribution in [0.5, 0.6) is 11.5 Å². The minimum Gasteiger partial charge on any atom is -0.497 e. The number of nitrogens with one attached hydrogen (secondary N) is 1. The van der Waals surface area contributed by atoms with Crippen LogP contribution in [0.15, 0.2) is 70.4 Å². The van der Waals surface area contributed by atoms with E-state index in [4.69, 9.17) is 21.1 Å². The van der Waals surface area contributed by atoms with Gasteiger partial charge in [-0.25, -0.2) is 9.78 Å². The van der Waals surface area contributed by atoms with Gasteiger partial charge in [0.2, 0.25) is 5.91 Å². The Bertz CT molecular complexity index is 1480. The van der Waals surface area contributed by atoms with Crippen molar-refractivity contribution in [3.63, 3.8) is 0 Å². The third-order valence-corrected chi connectivity index (χ3v) is 5.48. The van der Waals surface area contributed by atoms with Crippen molar-refractivity contribution < 1.29 is 14.3 Å². The molecule has 0 bridgehead atoms. The molecule has 0 aliphatic heterocycles.